The van der Waals surface area contributed by atoms with Crippen LogP contribution in [0.1, 0.15) is 5.56 Å². The molecule has 4 rings (SSSR count). The first-order valence-corrected chi connectivity index (χ1v) is 7.94. The van der Waals surface area contributed by atoms with Crippen molar-refractivity contribution < 1.29 is 4.74 Å². The normalized spacial score (nSPS) is 10.8. The highest BCUT2D eigenvalue weighted by molar-refractivity contribution is 5.75. The Morgan fingerprint density at radius 1 is 1.04 bits per heavy atom. The molecule has 0 aliphatic heterocycles. The molecular weight excluding hydrogens is 314 g/mol. The van der Waals surface area contributed by atoms with Crippen LogP contribution in [0.25, 0.3) is 16.9 Å². The zero-order chi connectivity index (χ0) is 17.1. The number of aromatic nitrogens is 4. The van der Waals surface area contributed by atoms with Gasteiger partial charge in [-0.25, -0.2) is 9.97 Å². The Labute approximate surface area is 145 Å². The van der Waals surface area contributed by atoms with Gasteiger partial charge >= 0.3 is 0 Å². The number of ether oxygens (including phenoxy) is 1. The fourth-order valence-corrected chi connectivity index (χ4v) is 2.70. The van der Waals surface area contributed by atoms with Crippen LogP contribution in [0.2, 0.25) is 0 Å². The van der Waals surface area contributed by atoms with E-state index in [1.807, 2.05) is 53.1 Å². The first kappa shape index (κ1) is 15.1. The fraction of sp³-hybridized carbons (Fsp3) is 0.105. The highest BCUT2D eigenvalue weighted by Crippen LogP contribution is 2.28. The van der Waals surface area contributed by atoms with Gasteiger partial charge in [-0.1, -0.05) is 12.1 Å². The van der Waals surface area contributed by atoms with Gasteiger partial charge in [0.15, 0.2) is 0 Å². The molecular formula is C19H17N5O. The van der Waals surface area contributed by atoms with Crippen molar-refractivity contribution in [3.63, 3.8) is 0 Å². The molecule has 0 aliphatic carbocycles. The van der Waals surface area contributed by atoms with Crippen molar-refractivity contribution in [1.82, 2.24) is 19.4 Å². The Kier molecular flexibility index (Phi) is 4.00. The minimum atomic E-state index is 0.667. The minimum Gasteiger partial charge on any atom is -0.497 e. The first-order chi connectivity index (χ1) is 12.3. The summed E-state index contributed by atoms with van der Waals surface area (Å²) < 4.78 is 7.15. The summed E-state index contributed by atoms with van der Waals surface area (Å²) in [4.78, 5) is 13.1. The number of fused-ring (bicyclic) bond motifs is 1. The molecule has 0 amide bonds. The van der Waals surface area contributed by atoms with E-state index in [0.29, 0.717) is 6.54 Å². The number of benzene rings is 1. The highest BCUT2D eigenvalue weighted by atomic mass is 16.5. The molecule has 3 aromatic heterocycles. The van der Waals surface area contributed by atoms with Gasteiger partial charge in [-0.2, -0.15) is 0 Å². The molecule has 0 spiro atoms. The Balaban J connectivity index is 1.69. The van der Waals surface area contributed by atoms with E-state index in [1.54, 1.807) is 25.8 Å². The maximum absolute atomic E-state index is 5.20. The number of nitrogens with zero attached hydrogens (tertiary/aromatic N) is 4. The molecule has 0 aliphatic rings. The van der Waals surface area contributed by atoms with E-state index in [1.165, 1.54) is 0 Å². The second-order valence-electron chi connectivity index (χ2n) is 5.56. The summed E-state index contributed by atoms with van der Waals surface area (Å²) in [6, 6.07) is 13.8. The second kappa shape index (κ2) is 6.60. The number of pyridine rings is 1. The molecule has 0 atom stereocenters. The number of nitrogens with one attached hydrogen (secondary N) is 1. The minimum absolute atomic E-state index is 0.667. The summed E-state index contributed by atoms with van der Waals surface area (Å²) in [6.45, 7) is 0.667. The molecule has 0 radical (unpaired) electrons. The van der Waals surface area contributed by atoms with Gasteiger partial charge in [-0.15, -0.1) is 0 Å². The number of hydrogen-bond donors (Lipinski definition) is 1. The van der Waals surface area contributed by atoms with Crippen LogP contribution in [0, 0.1) is 0 Å². The van der Waals surface area contributed by atoms with E-state index in [-0.39, 0.29) is 0 Å². The van der Waals surface area contributed by atoms with E-state index in [2.05, 4.69) is 15.3 Å². The lowest BCUT2D eigenvalue weighted by molar-refractivity contribution is 0.414. The average molecular weight is 331 g/mol. The van der Waals surface area contributed by atoms with Gasteiger partial charge in [0.25, 0.3) is 0 Å². The lowest BCUT2D eigenvalue weighted by Gasteiger charge is -2.09. The molecule has 0 unspecified atom stereocenters. The van der Waals surface area contributed by atoms with E-state index in [0.717, 1.165) is 34.0 Å². The SMILES string of the molecule is COc1ccc(CNc2c(-c3cccnc3)nc3ccncn23)cc1. The second-order valence-corrected chi connectivity index (χ2v) is 5.56. The van der Waals surface area contributed by atoms with Crippen molar-refractivity contribution in [3.8, 4) is 17.0 Å². The van der Waals surface area contributed by atoms with Crippen molar-refractivity contribution in [2.24, 2.45) is 0 Å². The standard InChI is InChI=1S/C19H17N5O/c1-25-16-6-4-14(5-7-16)11-22-19-18(15-3-2-9-20-12-15)23-17-8-10-21-13-24(17)19/h2-10,12-13,22H,11H2,1H3. The smallest absolute Gasteiger partial charge is 0.141 e. The number of rotatable bonds is 5. The van der Waals surface area contributed by atoms with Gasteiger partial charge in [0.05, 0.1) is 7.11 Å². The van der Waals surface area contributed by atoms with Gasteiger partial charge < -0.3 is 10.1 Å². The molecule has 1 aromatic carbocycles. The fourth-order valence-electron chi connectivity index (χ4n) is 2.70. The van der Waals surface area contributed by atoms with Crippen LogP contribution in [0.3, 0.4) is 0 Å². The molecule has 3 heterocycles. The van der Waals surface area contributed by atoms with Gasteiger partial charge in [-0.05, 0) is 35.9 Å². The molecule has 0 saturated carbocycles. The molecule has 25 heavy (non-hydrogen) atoms. The Bertz CT molecular complexity index is 980. The lowest BCUT2D eigenvalue weighted by atomic mass is 10.2. The van der Waals surface area contributed by atoms with Gasteiger partial charge in [-0.3, -0.25) is 9.38 Å². The third-order valence-corrected chi connectivity index (χ3v) is 3.98. The van der Waals surface area contributed by atoms with Gasteiger partial charge in [0.2, 0.25) is 0 Å². The number of methoxy groups -OCH3 is 1. The van der Waals surface area contributed by atoms with E-state index < -0.39 is 0 Å². The molecule has 1 N–H and O–H groups in total. The van der Waals surface area contributed by atoms with Crippen LogP contribution in [0.4, 0.5) is 5.82 Å². The summed E-state index contributed by atoms with van der Waals surface area (Å²) in [6.07, 6.45) is 7.07. The van der Waals surface area contributed by atoms with Crippen molar-refractivity contribution in [2.75, 3.05) is 12.4 Å². The van der Waals surface area contributed by atoms with Crippen molar-refractivity contribution in [3.05, 3.63) is 72.9 Å². The van der Waals surface area contributed by atoms with Crippen LogP contribution >= 0.6 is 0 Å². The molecule has 6 nitrogen and oxygen atoms in total. The predicted octanol–water partition coefficient (Wildman–Crippen LogP) is 3.41. The summed E-state index contributed by atoms with van der Waals surface area (Å²) in [5, 5.41) is 3.48. The third kappa shape index (κ3) is 3.01. The van der Waals surface area contributed by atoms with Crippen LogP contribution in [-0.2, 0) is 6.54 Å². The molecule has 0 saturated heterocycles. The quantitative estimate of drug-likeness (QED) is 0.607. The largest absolute Gasteiger partial charge is 0.497 e. The van der Waals surface area contributed by atoms with E-state index >= 15 is 0 Å². The summed E-state index contributed by atoms with van der Waals surface area (Å²) in [5.41, 5.74) is 3.81. The van der Waals surface area contributed by atoms with Crippen molar-refractivity contribution in [1.29, 1.82) is 0 Å². The molecule has 124 valence electrons. The van der Waals surface area contributed by atoms with E-state index in [4.69, 9.17) is 9.72 Å². The van der Waals surface area contributed by atoms with Gasteiger partial charge in [0, 0.05) is 30.7 Å². The summed E-state index contributed by atoms with van der Waals surface area (Å²) in [5.74, 6) is 1.74. The van der Waals surface area contributed by atoms with Crippen LogP contribution in [0.5, 0.6) is 5.75 Å². The van der Waals surface area contributed by atoms with E-state index in [9.17, 15) is 0 Å². The zero-order valence-corrected chi connectivity index (χ0v) is 13.8. The molecule has 0 fully saturated rings. The monoisotopic (exact) mass is 331 g/mol. The Morgan fingerprint density at radius 2 is 1.92 bits per heavy atom. The van der Waals surface area contributed by atoms with Crippen LogP contribution in [-0.4, -0.2) is 26.5 Å². The van der Waals surface area contributed by atoms with Crippen molar-refractivity contribution >= 4 is 11.5 Å². The predicted molar refractivity (Wildman–Crippen MR) is 96.5 cm³/mol. The Morgan fingerprint density at radius 3 is 2.68 bits per heavy atom. The maximum atomic E-state index is 5.20. The van der Waals surface area contributed by atoms with Crippen LogP contribution < -0.4 is 10.1 Å². The lowest BCUT2D eigenvalue weighted by Crippen LogP contribution is -2.03. The summed E-state index contributed by atoms with van der Waals surface area (Å²) >= 11 is 0. The van der Waals surface area contributed by atoms with Crippen LogP contribution in [0.15, 0.2) is 67.4 Å². The van der Waals surface area contributed by atoms with Gasteiger partial charge in [0.1, 0.15) is 29.2 Å². The zero-order valence-electron chi connectivity index (χ0n) is 13.8. The Hall–Kier alpha value is -3.41. The molecule has 6 heteroatoms. The molecule has 0 bridgehead atoms. The van der Waals surface area contributed by atoms with Crippen molar-refractivity contribution in [2.45, 2.75) is 6.54 Å². The summed E-state index contributed by atoms with van der Waals surface area (Å²) in [7, 11) is 1.67. The number of anilines is 1. The molecule has 4 aromatic rings. The highest BCUT2D eigenvalue weighted by Gasteiger charge is 2.14. The first-order valence-electron chi connectivity index (χ1n) is 7.94. The number of hydrogen-bond acceptors (Lipinski definition) is 5. The topological polar surface area (TPSA) is 64.3 Å². The maximum Gasteiger partial charge on any atom is 0.141 e. The number of imidazole rings is 1. The third-order valence-electron chi connectivity index (χ3n) is 3.98. The average Bonchev–Trinajstić information content (AvgIpc) is 3.06.